The molecule has 0 aliphatic rings. The van der Waals surface area contributed by atoms with Crippen LogP contribution in [0.3, 0.4) is 0 Å². The molecule has 0 radical (unpaired) electrons. The summed E-state index contributed by atoms with van der Waals surface area (Å²) in [7, 11) is 0. The molecule has 0 heterocycles. The zero-order valence-corrected chi connectivity index (χ0v) is 14.8. The Morgan fingerprint density at radius 3 is 2.38 bits per heavy atom. The summed E-state index contributed by atoms with van der Waals surface area (Å²) in [5.41, 5.74) is 9.27. The first-order valence-corrected chi connectivity index (χ1v) is 8.47. The highest BCUT2D eigenvalue weighted by atomic mass is 16.1. The maximum absolute atomic E-state index is 12.4. The van der Waals surface area contributed by atoms with Crippen LogP contribution in [0.4, 0.5) is 5.69 Å². The first-order valence-electron chi connectivity index (χ1n) is 8.47. The normalized spacial score (nSPS) is 11.1. The van der Waals surface area contributed by atoms with E-state index < -0.39 is 0 Å². The summed E-state index contributed by atoms with van der Waals surface area (Å²) < 4.78 is 0. The van der Waals surface area contributed by atoms with Gasteiger partial charge in [-0.05, 0) is 49.7 Å². The molecule has 4 nitrogen and oxygen atoms in total. The van der Waals surface area contributed by atoms with E-state index in [9.17, 15) is 4.79 Å². The van der Waals surface area contributed by atoms with Crippen LogP contribution < -0.4 is 11.1 Å². The molecular weight excluding hydrogens is 298 g/mol. The molecule has 2 rings (SSSR count). The zero-order valence-electron chi connectivity index (χ0n) is 14.8. The van der Waals surface area contributed by atoms with Crippen molar-refractivity contribution in [3.63, 3.8) is 0 Å². The lowest BCUT2D eigenvalue weighted by atomic mass is 10.1. The Morgan fingerprint density at radius 2 is 1.79 bits per heavy atom. The number of carbonyl (C=O) groups excluding carboxylic acids is 1. The molecule has 0 aromatic heterocycles. The van der Waals surface area contributed by atoms with Crippen LogP contribution in [0.5, 0.6) is 0 Å². The maximum atomic E-state index is 12.4. The van der Waals surface area contributed by atoms with E-state index in [-0.39, 0.29) is 5.91 Å². The van der Waals surface area contributed by atoms with Crippen molar-refractivity contribution in [2.24, 2.45) is 5.73 Å². The third kappa shape index (κ3) is 4.66. The molecule has 128 valence electrons. The van der Waals surface area contributed by atoms with Crippen LogP contribution >= 0.6 is 0 Å². The van der Waals surface area contributed by atoms with E-state index in [4.69, 9.17) is 5.73 Å². The van der Waals surface area contributed by atoms with Crippen molar-refractivity contribution >= 4 is 11.6 Å². The highest BCUT2D eigenvalue weighted by Crippen LogP contribution is 2.16. The summed E-state index contributed by atoms with van der Waals surface area (Å²) >= 11 is 0. The van der Waals surface area contributed by atoms with Crippen LogP contribution in [0, 0.1) is 0 Å². The number of hydrogen-bond acceptors (Lipinski definition) is 3. The number of nitrogens with two attached hydrogens (primary N) is 1. The lowest BCUT2D eigenvalue weighted by molar-refractivity contribution is 0.102. The van der Waals surface area contributed by atoms with Crippen molar-refractivity contribution < 1.29 is 4.79 Å². The minimum Gasteiger partial charge on any atom is -0.326 e. The number of nitrogens with zero attached hydrogens (tertiary/aromatic N) is 1. The average Bonchev–Trinajstić information content (AvgIpc) is 2.60. The van der Waals surface area contributed by atoms with Gasteiger partial charge in [-0.1, -0.05) is 37.3 Å². The summed E-state index contributed by atoms with van der Waals surface area (Å²) in [6.07, 6.45) is 0. The molecule has 3 N–H and O–H groups in total. The van der Waals surface area contributed by atoms with Gasteiger partial charge < -0.3 is 11.1 Å². The second-order valence-electron chi connectivity index (χ2n) is 6.17. The molecule has 4 heteroatoms. The van der Waals surface area contributed by atoms with Crippen molar-refractivity contribution in [3.8, 4) is 0 Å². The van der Waals surface area contributed by atoms with Crippen molar-refractivity contribution in [1.82, 2.24) is 4.90 Å². The van der Waals surface area contributed by atoms with Gasteiger partial charge in [0.25, 0.3) is 5.91 Å². The standard InChI is InChI=1S/C20H27N3O/c1-4-23(15(2)3)14-16-9-11-17(12-10-16)20(24)22-19-8-6-5-7-18(19)13-21/h5-12,15H,4,13-14,21H2,1-3H3,(H,22,24). The molecule has 2 aromatic carbocycles. The van der Waals surface area contributed by atoms with Crippen molar-refractivity contribution in [1.29, 1.82) is 0 Å². The van der Waals surface area contributed by atoms with Gasteiger partial charge in [-0.2, -0.15) is 0 Å². The van der Waals surface area contributed by atoms with Crippen LogP contribution in [0.15, 0.2) is 48.5 Å². The van der Waals surface area contributed by atoms with Crippen LogP contribution in [-0.2, 0) is 13.1 Å². The number of nitrogens with one attached hydrogen (secondary N) is 1. The van der Waals surface area contributed by atoms with E-state index >= 15 is 0 Å². The molecule has 0 bridgehead atoms. The van der Waals surface area contributed by atoms with Gasteiger partial charge in [0.2, 0.25) is 0 Å². The van der Waals surface area contributed by atoms with Gasteiger partial charge in [0, 0.05) is 30.4 Å². The van der Waals surface area contributed by atoms with Gasteiger partial charge in [-0.25, -0.2) is 0 Å². The molecule has 0 saturated carbocycles. The van der Waals surface area contributed by atoms with E-state index in [0.717, 1.165) is 24.3 Å². The Hall–Kier alpha value is -2.17. The predicted molar refractivity (Wildman–Crippen MR) is 99.9 cm³/mol. The second-order valence-corrected chi connectivity index (χ2v) is 6.17. The SMILES string of the molecule is CCN(Cc1ccc(C(=O)Nc2ccccc2CN)cc1)C(C)C. The Morgan fingerprint density at radius 1 is 1.12 bits per heavy atom. The molecule has 1 amide bonds. The number of anilines is 1. The number of carbonyl (C=O) groups is 1. The predicted octanol–water partition coefficient (Wildman–Crippen LogP) is 3.63. The Balaban J connectivity index is 2.06. The average molecular weight is 325 g/mol. The van der Waals surface area contributed by atoms with Crippen molar-refractivity contribution in [2.75, 3.05) is 11.9 Å². The van der Waals surface area contributed by atoms with E-state index in [1.807, 2.05) is 48.5 Å². The van der Waals surface area contributed by atoms with Crippen LogP contribution in [0.25, 0.3) is 0 Å². The van der Waals surface area contributed by atoms with Crippen molar-refractivity contribution in [3.05, 3.63) is 65.2 Å². The summed E-state index contributed by atoms with van der Waals surface area (Å²) in [4.78, 5) is 14.8. The molecule has 0 aliphatic carbocycles. The van der Waals surface area contributed by atoms with Crippen LogP contribution in [0.1, 0.15) is 42.3 Å². The van der Waals surface area contributed by atoms with E-state index in [1.54, 1.807) is 0 Å². The van der Waals surface area contributed by atoms with Gasteiger partial charge in [0.05, 0.1) is 0 Å². The zero-order chi connectivity index (χ0) is 17.5. The quantitative estimate of drug-likeness (QED) is 0.817. The molecule has 0 fully saturated rings. The minimum atomic E-state index is -0.112. The number of hydrogen-bond donors (Lipinski definition) is 2. The van der Waals surface area contributed by atoms with Crippen LogP contribution in [-0.4, -0.2) is 23.4 Å². The van der Waals surface area contributed by atoms with E-state index in [0.29, 0.717) is 18.2 Å². The van der Waals surface area contributed by atoms with Crippen molar-refractivity contribution in [2.45, 2.75) is 39.9 Å². The molecule has 24 heavy (non-hydrogen) atoms. The van der Waals surface area contributed by atoms with Gasteiger partial charge >= 0.3 is 0 Å². The lowest BCUT2D eigenvalue weighted by Crippen LogP contribution is -2.29. The van der Waals surface area contributed by atoms with E-state index in [1.165, 1.54) is 5.56 Å². The van der Waals surface area contributed by atoms with Gasteiger partial charge in [-0.15, -0.1) is 0 Å². The fourth-order valence-electron chi connectivity index (χ4n) is 2.67. The summed E-state index contributed by atoms with van der Waals surface area (Å²) in [5.74, 6) is -0.112. The Bertz CT molecular complexity index is 665. The molecule has 2 aromatic rings. The van der Waals surface area contributed by atoms with Crippen LogP contribution in [0.2, 0.25) is 0 Å². The molecule has 0 aliphatic heterocycles. The molecule has 0 saturated heterocycles. The number of benzene rings is 2. The second kappa shape index (κ2) is 8.62. The smallest absolute Gasteiger partial charge is 0.255 e. The molecule has 0 unspecified atom stereocenters. The fourth-order valence-corrected chi connectivity index (χ4v) is 2.67. The highest BCUT2D eigenvalue weighted by molar-refractivity contribution is 6.04. The largest absolute Gasteiger partial charge is 0.326 e. The Kier molecular flexibility index (Phi) is 6.53. The number of amides is 1. The topological polar surface area (TPSA) is 58.4 Å². The minimum absolute atomic E-state index is 0.112. The Labute approximate surface area is 144 Å². The summed E-state index contributed by atoms with van der Waals surface area (Å²) in [6.45, 7) is 8.86. The molecular formula is C20H27N3O. The van der Waals surface area contributed by atoms with Gasteiger partial charge in [0.1, 0.15) is 0 Å². The highest BCUT2D eigenvalue weighted by Gasteiger charge is 2.10. The fraction of sp³-hybridized carbons (Fsp3) is 0.350. The van der Waals surface area contributed by atoms with E-state index in [2.05, 4.69) is 31.0 Å². The number of para-hydroxylation sites is 1. The third-order valence-electron chi connectivity index (χ3n) is 4.22. The molecule has 0 atom stereocenters. The monoisotopic (exact) mass is 325 g/mol. The first-order chi connectivity index (χ1) is 11.5. The lowest BCUT2D eigenvalue weighted by Gasteiger charge is -2.24. The summed E-state index contributed by atoms with van der Waals surface area (Å²) in [6, 6.07) is 15.9. The maximum Gasteiger partial charge on any atom is 0.255 e. The number of rotatable bonds is 7. The summed E-state index contributed by atoms with van der Waals surface area (Å²) in [5, 5.41) is 2.94. The third-order valence-corrected chi connectivity index (χ3v) is 4.22. The van der Waals surface area contributed by atoms with Gasteiger partial charge in [0.15, 0.2) is 0 Å². The molecule has 0 spiro atoms. The van der Waals surface area contributed by atoms with Gasteiger partial charge in [-0.3, -0.25) is 9.69 Å². The first kappa shape index (κ1) is 18.2.